The second kappa shape index (κ2) is 14.2. The van der Waals surface area contributed by atoms with Crippen LogP contribution in [0.4, 0.5) is 5.82 Å². The quantitative estimate of drug-likeness (QED) is 0.227. The van der Waals surface area contributed by atoms with Crippen molar-refractivity contribution in [2.45, 2.75) is 78.2 Å². The Morgan fingerprint density at radius 3 is 2.55 bits per heavy atom. The Labute approximate surface area is 258 Å². The van der Waals surface area contributed by atoms with Crippen LogP contribution in [-0.4, -0.2) is 79.7 Å². The Morgan fingerprint density at radius 1 is 1.05 bits per heavy atom. The summed E-state index contributed by atoms with van der Waals surface area (Å²) in [5.74, 6) is 0.598. The number of carboxylic acid groups (broad SMARTS) is 1. The minimum absolute atomic E-state index is 0.0501. The van der Waals surface area contributed by atoms with E-state index >= 15 is 0 Å². The Morgan fingerprint density at radius 2 is 1.80 bits per heavy atom. The molecule has 2 aromatic carbocycles. The molecule has 44 heavy (non-hydrogen) atoms. The molecular formula is C34H44N6O4. The lowest BCUT2D eigenvalue weighted by Crippen LogP contribution is -2.49. The number of hydrogen-bond donors (Lipinski definition) is 2. The molecule has 1 aliphatic heterocycles. The molecule has 0 bridgehead atoms. The number of unbranched alkanes of at least 4 members (excludes halogenated alkanes) is 1. The van der Waals surface area contributed by atoms with Gasteiger partial charge in [-0.05, 0) is 43.9 Å². The summed E-state index contributed by atoms with van der Waals surface area (Å²) >= 11 is 0. The second-order valence-corrected chi connectivity index (χ2v) is 12.0. The monoisotopic (exact) mass is 600 g/mol. The number of fused-ring (bicyclic) bond motifs is 3. The van der Waals surface area contributed by atoms with E-state index in [1.54, 1.807) is 0 Å². The van der Waals surface area contributed by atoms with Crippen molar-refractivity contribution in [2.24, 2.45) is 0 Å². The topological polar surface area (TPSA) is 127 Å². The average Bonchev–Trinajstić information content (AvgIpc) is 3.34. The molecule has 10 heteroatoms. The predicted octanol–water partition coefficient (Wildman–Crippen LogP) is 4.66. The lowest BCUT2D eigenvalue weighted by molar-refractivity contribution is -0.137. The predicted molar refractivity (Wildman–Crippen MR) is 172 cm³/mol. The average molecular weight is 601 g/mol. The van der Waals surface area contributed by atoms with Crippen molar-refractivity contribution in [1.82, 2.24) is 24.3 Å². The number of nitrogens with two attached hydrogens (primary N) is 1. The van der Waals surface area contributed by atoms with Gasteiger partial charge in [0.25, 0.3) is 0 Å². The third-order valence-corrected chi connectivity index (χ3v) is 8.18. The number of aryl methyl sites for hydroxylation is 2. The first kappa shape index (κ1) is 31.4. The number of ether oxygens (including phenoxy) is 1. The molecule has 2 aromatic heterocycles. The van der Waals surface area contributed by atoms with Crippen LogP contribution in [0.2, 0.25) is 0 Å². The number of anilines is 1. The van der Waals surface area contributed by atoms with Crippen molar-refractivity contribution in [3.8, 4) is 0 Å². The fraction of sp³-hybridized carbons (Fsp3) is 0.471. The summed E-state index contributed by atoms with van der Waals surface area (Å²) in [4.78, 5) is 38.8. The first-order chi connectivity index (χ1) is 21.2. The lowest BCUT2D eigenvalue weighted by Gasteiger charge is -2.36. The van der Waals surface area contributed by atoms with Crippen molar-refractivity contribution in [3.05, 3.63) is 65.5 Å². The maximum atomic E-state index is 13.8. The third kappa shape index (κ3) is 7.54. The standard InChI is InChI=1S/C34H44N6O4/c1-4-5-14-29-37-32-33(27-12-6-7-13-28(27)36-34(32)35)40(29)16-9-15-39(21-26-11-8-10-25(17-26)18-31(42)43)30(41)22-38-19-23(2)44-24(3)20-38/h6-8,10-13,17,23-24H,4-5,9,14-16,18-22H2,1-3H3,(H2,35,36)(H,42,43)/t23-,24+. The van der Waals surface area contributed by atoms with E-state index in [1.165, 1.54) is 0 Å². The highest BCUT2D eigenvalue weighted by atomic mass is 16.5. The van der Waals surface area contributed by atoms with Crippen LogP contribution in [-0.2, 0) is 40.3 Å². The molecule has 234 valence electrons. The van der Waals surface area contributed by atoms with E-state index in [9.17, 15) is 14.7 Å². The fourth-order valence-electron chi connectivity index (χ4n) is 6.32. The summed E-state index contributed by atoms with van der Waals surface area (Å²) in [5.41, 5.74) is 10.6. The minimum atomic E-state index is -0.875. The number of benzene rings is 2. The normalized spacial score (nSPS) is 17.3. The Balaban J connectivity index is 1.40. The molecule has 1 fully saturated rings. The van der Waals surface area contributed by atoms with Crippen LogP contribution in [0.1, 0.15) is 57.0 Å². The number of carbonyl (C=O) groups excluding carboxylic acids is 1. The zero-order chi connectivity index (χ0) is 31.2. The molecule has 2 atom stereocenters. The number of hydrogen-bond acceptors (Lipinski definition) is 7. The number of rotatable bonds is 13. The molecule has 0 unspecified atom stereocenters. The number of aliphatic carboxylic acids is 1. The highest BCUT2D eigenvalue weighted by Crippen LogP contribution is 2.29. The fourth-order valence-corrected chi connectivity index (χ4v) is 6.32. The van der Waals surface area contributed by atoms with E-state index in [-0.39, 0.29) is 24.5 Å². The maximum absolute atomic E-state index is 13.8. The number of carboxylic acids is 1. The second-order valence-electron chi connectivity index (χ2n) is 12.0. The number of imidazole rings is 1. The van der Waals surface area contributed by atoms with Crippen molar-refractivity contribution >= 4 is 39.6 Å². The molecule has 4 aromatic rings. The number of pyridine rings is 1. The largest absolute Gasteiger partial charge is 0.481 e. The SMILES string of the molecule is CCCCc1nc2c(N)nc3ccccc3c2n1CCCN(Cc1cccc(CC(=O)O)c1)C(=O)CN1C[C@@H](C)O[C@@H](C)C1. The zero-order valence-corrected chi connectivity index (χ0v) is 26.0. The minimum Gasteiger partial charge on any atom is -0.481 e. The van der Waals surface area contributed by atoms with Crippen LogP contribution in [0.25, 0.3) is 21.9 Å². The van der Waals surface area contributed by atoms with Gasteiger partial charge >= 0.3 is 5.97 Å². The van der Waals surface area contributed by atoms with E-state index in [0.717, 1.165) is 64.6 Å². The Kier molecular flexibility index (Phi) is 10.1. The molecule has 1 saturated heterocycles. The van der Waals surface area contributed by atoms with Crippen LogP contribution in [0.5, 0.6) is 0 Å². The lowest BCUT2D eigenvalue weighted by atomic mass is 10.1. The van der Waals surface area contributed by atoms with Gasteiger partial charge in [-0.3, -0.25) is 14.5 Å². The number of nitrogens with zero attached hydrogens (tertiary/aromatic N) is 5. The summed E-state index contributed by atoms with van der Waals surface area (Å²) in [5, 5.41) is 10.3. The van der Waals surface area contributed by atoms with Crippen LogP contribution in [0, 0.1) is 0 Å². The van der Waals surface area contributed by atoms with E-state index in [2.05, 4.69) is 27.4 Å². The maximum Gasteiger partial charge on any atom is 0.307 e. The van der Waals surface area contributed by atoms with Crippen molar-refractivity contribution in [1.29, 1.82) is 0 Å². The number of amides is 1. The number of morpholine rings is 1. The van der Waals surface area contributed by atoms with Gasteiger partial charge in [0.05, 0.1) is 36.2 Å². The van der Waals surface area contributed by atoms with E-state index < -0.39 is 5.97 Å². The Hall–Kier alpha value is -4.02. The molecule has 0 spiro atoms. The van der Waals surface area contributed by atoms with Gasteiger partial charge in [0.1, 0.15) is 11.3 Å². The van der Waals surface area contributed by atoms with E-state index in [0.29, 0.717) is 45.1 Å². The van der Waals surface area contributed by atoms with Crippen LogP contribution < -0.4 is 5.73 Å². The number of carbonyl (C=O) groups is 2. The molecular weight excluding hydrogens is 556 g/mol. The molecule has 3 N–H and O–H groups in total. The summed E-state index contributed by atoms with van der Waals surface area (Å²) in [6, 6.07) is 15.5. The summed E-state index contributed by atoms with van der Waals surface area (Å²) in [6.45, 7) is 9.62. The van der Waals surface area contributed by atoms with Crippen molar-refractivity contribution in [3.63, 3.8) is 0 Å². The molecule has 1 amide bonds. The summed E-state index contributed by atoms with van der Waals surface area (Å²) in [6.07, 6.45) is 3.72. The van der Waals surface area contributed by atoms with Gasteiger partial charge in [0.2, 0.25) is 5.91 Å². The number of nitrogen functional groups attached to an aromatic ring is 1. The summed E-state index contributed by atoms with van der Waals surface area (Å²) in [7, 11) is 0. The van der Waals surface area contributed by atoms with Gasteiger partial charge in [-0.1, -0.05) is 55.8 Å². The van der Waals surface area contributed by atoms with Crippen molar-refractivity contribution in [2.75, 3.05) is 31.9 Å². The van der Waals surface area contributed by atoms with Gasteiger partial charge < -0.3 is 25.0 Å². The zero-order valence-electron chi connectivity index (χ0n) is 26.0. The molecule has 3 heterocycles. The number of para-hydroxylation sites is 1. The van der Waals surface area contributed by atoms with Gasteiger partial charge in [-0.2, -0.15) is 0 Å². The molecule has 0 radical (unpaired) electrons. The molecule has 0 aliphatic carbocycles. The van der Waals surface area contributed by atoms with Crippen LogP contribution >= 0.6 is 0 Å². The number of aromatic nitrogens is 3. The van der Waals surface area contributed by atoms with Gasteiger partial charge in [-0.15, -0.1) is 0 Å². The summed E-state index contributed by atoms with van der Waals surface area (Å²) < 4.78 is 8.15. The molecule has 1 aliphatic rings. The highest BCUT2D eigenvalue weighted by Gasteiger charge is 2.26. The van der Waals surface area contributed by atoms with E-state index in [1.807, 2.05) is 61.2 Å². The molecule has 5 rings (SSSR count). The molecule has 10 nitrogen and oxygen atoms in total. The highest BCUT2D eigenvalue weighted by molar-refractivity contribution is 6.06. The Bertz CT molecular complexity index is 1610. The smallest absolute Gasteiger partial charge is 0.307 e. The molecule has 0 saturated carbocycles. The van der Waals surface area contributed by atoms with Gasteiger partial charge in [-0.25, -0.2) is 9.97 Å². The third-order valence-electron chi connectivity index (χ3n) is 8.18. The van der Waals surface area contributed by atoms with Crippen LogP contribution in [0.3, 0.4) is 0 Å². The van der Waals surface area contributed by atoms with E-state index in [4.69, 9.17) is 15.5 Å². The van der Waals surface area contributed by atoms with Crippen LogP contribution in [0.15, 0.2) is 48.5 Å². The van der Waals surface area contributed by atoms with Gasteiger partial charge in [0, 0.05) is 44.5 Å². The van der Waals surface area contributed by atoms with Gasteiger partial charge in [0.15, 0.2) is 5.82 Å². The first-order valence-electron chi connectivity index (χ1n) is 15.7. The van der Waals surface area contributed by atoms with Crippen molar-refractivity contribution < 1.29 is 19.4 Å². The first-order valence-corrected chi connectivity index (χ1v) is 15.7.